The molecule has 0 fully saturated rings. The van der Waals surface area contributed by atoms with Crippen LogP contribution in [0.4, 0.5) is 5.82 Å². The van der Waals surface area contributed by atoms with Gasteiger partial charge in [0.25, 0.3) is 0 Å². The smallest absolute Gasteiger partial charge is 0.232 e. The number of rotatable bonds is 3. The number of amides is 1. The summed E-state index contributed by atoms with van der Waals surface area (Å²) in [7, 11) is 1.72. The van der Waals surface area contributed by atoms with Gasteiger partial charge in [0.05, 0.1) is 6.42 Å². The number of carbonyl (C=O) groups is 1. The Morgan fingerprint density at radius 3 is 2.67 bits per heavy atom. The Morgan fingerprint density at radius 2 is 2.00 bits per heavy atom. The lowest BCUT2D eigenvalue weighted by molar-refractivity contribution is -0.117. The van der Waals surface area contributed by atoms with E-state index in [-0.39, 0.29) is 5.91 Å². The van der Waals surface area contributed by atoms with E-state index in [4.69, 9.17) is 0 Å². The average molecular weight is 306 g/mol. The molecule has 92 valence electrons. The van der Waals surface area contributed by atoms with Gasteiger partial charge in [0, 0.05) is 30.1 Å². The van der Waals surface area contributed by atoms with Crippen molar-refractivity contribution in [2.45, 2.75) is 6.42 Å². The van der Waals surface area contributed by atoms with Crippen molar-refractivity contribution in [2.75, 3.05) is 11.9 Å². The monoisotopic (exact) mass is 305 g/mol. The molecule has 0 N–H and O–H groups in total. The van der Waals surface area contributed by atoms with E-state index < -0.39 is 0 Å². The molecule has 0 aromatic carbocycles. The second-order valence-corrected chi connectivity index (χ2v) is 4.73. The van der Waals surface area contributed by atoms with Gasteiger partial charge in [0.2, 0.25) is 5.91 Å². The van der Waals surface area contributed by atoms with Crippen LogP contribution in [-0.2, 0) is 11.2 Å². The van der Waals surface area contributed by atoms with E-state index in [2.05, 4.69) is 25.9 Å². The van der Waals surface area contributed by atoms with Crippen molar-refractivity contribution in [3.8, 4) is 0 Å². The fourth-order valence-corrected chi connectivity index (χ4v) is 1.82. The Hall–Kier alpha value is -1.75. The molecule has 1 amide bonds. The standard InChI is InChI=1S/C13H12BrN3O/c1-17(12-9-11(14)4-7-16-12)13(18)8-10-2-5-15-6-3-10/h2-7,9H,8H2,1H3. The van der Waals surface area contributed by atoms with Gasteiger partial charge in [-0.25, -0.2) is 4.98 Å². The molecule has 5 heteroatoms. The van der Waals surface area contributed by atoms with Gasteiger partial charge in [0.1, 0.15) is 5.82 Å². The lowest BCUT2D eigenvalue weighted by atomic mass is 10.2. The summed E-state index contributed by atoms with van der Waals surface area (Å²) in [5.41, 5.74) is 0.942. The van der Waals surface area contributed by atoms with E-state index in [9.17, 15) is 4.79 Å². The number of halogens is 1. The maximum absolute atomic E-state index is 12.1. The summed E-state index contributed by atoms with van der Waals surface area (Å²) in [6.45, 7) is 0. The van der Waals surface area contributed by atoms with Gasteiger partial charge in [0.15, 0.2) is 0 Å². The highest BCUT2D eigenvalue weighted by Crippen LogP contribution is 2.16. The largest absolute Gasteiger partial charge is 0.300 e. The van der Waals surface area contributed by atoms with Crippen molar-refractivity contribution in [1.29, 1.82) is 0 Å². The minimum absolute atomic E-state index is 0.00759. The van der Waals surface area contributed by atoms with Crippen LogP contribution >= 0.6 is 15.9 Å². The van der Waals surface area contributed by atoms with Crippen LogP contribution < -0.4 is 4.90 Å². The van der Waals surface area contributed by atoms with E-state index in [0.29, 0.717) is 12.2 Å². The van der Waals surface area contributed by atoms with E-state index in [1.54, 1.807) is 30.5 Å². The maximum atomic E-state index is 12.1. The van der Waals surface area contributed by atoms with Crippen molar-refractivity contribution in [2.24, 2.45) is 0 Å². The zero-order valence-electron chi connectivity index (χ0n) is 9.88. The van der Waals surface area contributed by atoms with E-state index >= 15 is 0 Å². The first-order chi connectivity index (χ1) is 8.66. The van der Waals surface area contributed by atoms with Crippen LogP contribution in [0.2, 0.25) is 0 Å². The fraction of sp³-hybridized carbons (Fsp3) is 0.154. The molecule has 2 heterocycles. The molecule has 0 saturated heterocycles. The molecular weight excluding hydrogens is 294 g/mol. The molecule has 2 rings (SSSR count). The van der Waals surface area contributed by atoms with Crippen LogP contribution in [0.15, 0.2) is 47.3 Å². The number of hydrogen-bond donors (Lipinski definition) is 0. The highest BCUT2D eigenvalue weighted by molar-refractivity contribution is 9.10. The summed E-state index contributed by atoms with van der Waals surface area (Å²) in [5.74, 6) is 0.621. The van der Waals surface area contributed by atoms with Gasteiger partial charge in [-0.2, -0.15) is 0 Å². The van der Waals surface area contributed by atoms with Crippen LogP contribution in [-0.4, -0.2) is 22.9 Å². The van der Waals surface area contributed by atoms with Gasteiger partial charge in [-0.1, -0.05) is 15.9 Å². The van der Waals surface area contributed by atoms with Crippen LogP contribution in [0.5, 0.6) is 0 Å². The van der Waals surface area contributed by atoms with Crippen molar-refractivity contribution >= 4 is 27.7 Å². The van der Waals surface area contributed by atoms with Crippen LogP contribution in [0.3, 0.4) is 0 Å². The summed E-state index contributed by atoms with van der Waals surface area (Å²) in [6, 6.07) is 7.30. The van der Waals surface area contributed by atoms with Gasteiger partial charge in [-0.3, -0.25) is 14.7 Å². The predicted molar refractivity (Wildman–Crippen MR) is 73.3 cm³/mol. The van der Waals surface area contributed by atoms with E-state index in [1.165, 1.54) is 0 Å². The van der Waals surface area contributed by atoms with Crippen LogP contribution in [0.1, 0.15) is 5.56 Å². The van der Waals surface area contributed by atoms with Gasteiger partial charge in [-0.05, 0) is 29.8 Å². The number of aromatic nitrogens is 2. The minimum atomic E-state index is -0.00759. The SMILES string of the molecule is CN(C(=O)Cc1ccncc1)c1cc(Br)ccn1. The van der Waals surface area contributed by atoms with Crippen molar-refractivity contribution in [3.63, 3.8) is 0 Å². The first-order valence-electron chi connectivity index (χ1n) is 5.44. The third-order valence-corrected chi connectivity index (χ3v) is 3.02. The molecule has 0 bridgehead atoms. The molecule has 0 atom stereocenters. The predicted octanol–water partition coefficient (Wildman–Crippen LogP) is 2.44. The fourth-order valence-electron chi connectivity index (χ4n) is 1.50. The molecule has 0 saturated carbocycles. The molecule has 0 aliphatic rings. The second-order valence-electron chi connectivity index (χ2n) is 3.82. The molecule has 18 heavy (non-hydrogen) atoms. The van der Waals surface area contributed by atoms with Gasteiger partial charge < -0.3 is 0 Å². The number of likely N-dealkylation sites (N-methyl/N-ethyl adjacent to an activating group) is 1. The molecule has 0 radical (unpaired) electrons. The molecule has 4 nitrogen and oxygen atoms in total. The summed E-state index contributed by atoms with van der Waals surface area (Å²) >= 11 is 3.36. The highest BCUT2D eigenvalue weighted by atomic mass is 79.9. The zero-order valence-corrected chi connectivity index (χ0v) is 11.5. The molecule has 0 aliphatic heterocycles. The second kappa shape index (κ2) is 5.73. The number of pyridine rings is 2. The summed E-state index contributed by atoms with van der Waals surface area (Å²) in [5, 5.41) is 0. The topological polar surface area (TPSA) is 46.1 Å². The number of carbonyl (C=O) groups excluding carboxylic acids is 1. The first kappa shape index (κ1) is 12.7. The highest BCUT2D eigenvalue weighted by Gasteiger charge is 2.12. The normalized spacial score (nSPS) is 10.1. The molecule has 2 aromatic heterocycles. The Labute approximate surface area is 114 Å². The third kappa shape index (κ3) is 3.13. The summed E-state index contributed by atoms with van der Waals surface area (Å²) < 4.78 is 0.899. The molecular formula is C13H12BrN3O. The van der Waals surface area contributed by atoms with Crippen LogP contribution in [0, 0.1) is 0 Å². The molecule has 0 aliphatic carbocycles. The number of anilines is 1. The van der Waals surface area contributed by atoms with E-state index in [1.807, 2.05) is 24.3 Å². The Bertz CT molecular complexity index is 545. The van der Waals surface area contributed by atoms with Gasteiger partial charge >= 0.3 is 0 Å². The van der Waals surface area contributed by atoms with Crippen molar-refractivity contribution in [1.82, 2.24) is 9.97 Å². The first-order valence-corrected chi connectivity index (χ1v) is 6.23. The lowest BCUT2D eigenvalue weighted by Crippen LogP contribution is -2.28. The number of nitrogens with zero attached hydrogens (tertiary/aromatic N) is 3. The van der Waals surface area contributed by atoms with Crippen LogP contribution in [0.25, 0.3) is 0 Å². The van der Waals surface area contributed by atoms with Crippen molar-refractivity contribution in [3.05, 3.63) is 52.9 Å². The minimum Gasteiger partial charge on any atom is -0.300 e. The Balaban J connectivity index is 2.10. The zero-order chi connectivity index (χ0) is 13.0. The Morgan fingerprint density at radius 1 is 1.28 bits per heavy atom. The van der Waals surface area contributed by atoms with E-state index in [0.717, 1.165) is 10.0 Å². The van der Waals surface area contributed by atoms with Crippen molar-refractivity contribution < 1.29 is 4.79 Å². The molecule has 0 spiro atoms. The molecule has 2 aromatic rings. The average Bonchev–Trinajstić information content (AvgIpc) is 2.39. The Kier molecular flexibility index (Phi) is 4.04. The summed E-state index contributed by atoms with van der Waals surface area (Å²) in [6.07, 6.45) is 5.36. The quantitative estimate of drug-likeness (QED) is 0.875. The lowest BCUT2D eigenvalue weighted by Gasteiger charge is -2.16. The third-order valence-electron chi connectivity index (χ3n) is 2.53. The van der Waals surface area contributed by atoms with Gasteiger partial charge in [-0.15, -0.1) is 0 Å². The number of hydrogen-bond acceptors (Lipinski definition) is 3. The maximum Gasteiger partial charge on any atom is 0.232 e. The summed E-state index contributed by atoms with van der Waals surface area (Å²) in [4.78, 5) is 21.7. The molecule has 0 unspecified atom stereocenters.